The maximum atomic E-state index is 13.3. The van der Waals surface area contributed by atoms with Crippen molar-refractivity contribution >= 4 is 5.69 Å². The Bertz CT molecular complexity index is 447. The minimum atomic E-state index is -4.40. The van der Waals surface area contributed by atoms with Crippen LogP contribution in [0.5, 0.6) is 0 Å². The van der Waals surface area contributed by atoms with Gasteiger partial charge in [0.15, 0.2) is 0 Å². The van der Waals surface area contributed by atoms with Gasteiger partial charge in [0.1, 0.15) is 0 Å². The average molecular weight is 304 g/mol. The van der Waals surface area contributed by atoms with E-state index in [2.05, 4.69) is 5.32 Å². The highest BCUT2D eigenvalue weighted by Crippen LogP contribution is 2.38. The predicted octanol–water partition coefficient (Wildman–Crippen LogP) is 3.02. The van der Waals surface area contributed by atoms with Crippen LogP contribution in [0.1, 0.15) is 31.4 Å². The molecular formula is C15H23F3N2O. The number of aliphatic hydroxyl groups excluding tert-OH is 1. The first-order valence-electron chi connectivity index (χ1n) is 7.03. The van der Waals surface area contributed by atoms with Crippen molar-refractivity contribution < 1.29 is 18.3 Å². The molecule has 0 amide bonds. The molecule has 0 aliphatic carbocycles. The van der Waals surface area contributed by atoms with Crippen molar-refractivity contribution in [3.05, 3.63) is 29.3 Å². The third kappa shape index (κ3) is 4.89. The van der Waals surface area contributed by atoms with Gasteiger partial charge in [-0.25, -0.2) is 0 Å². The zero-order chi connectivity index (χ0) is 16.0. The lowest BCUT2D eigenvalue weighted by Gasteiger charge is -2.31. The van der Waals surface area contributed by atoms with Gasteiger partial charge in [-0.15, -0.1) is 0 Å². The summed E-state index contributed by atoms with van der Waals surface area (Å²) in [5, 5.41) is 11.8. The Hall–Kier alpha value is -1.27. The highest BCUT2D eigenvalue weighted by Gasteiger charge is 2.35. The zero-order valence-corrected chi connectivity index (χ0v) is 12.7. The van der Waals surface area contributed by atoms with Crippen LogP contribution in [0.25, 0.3) is 0 Å². The second kappa shape index (κ2) is 7.66. The number of nitrogens with one attached hydrogen (secondary N) is 1. The molecule has 0 bridgehead atoms. The summed E-state index contributed by atoms with van der Waals surface area (Å²) < 4.78 is 40.0. The summed E-state index contributed by atoms with van der Waals surface area (Å²) >= 11 is 0. The average Bonchev–Trinajstić information content (AvgIpc) is 2.39. The molecule has 0 saturated carbocycles. The molecule has 0 unspecified atom stereocenters. The Kier molecular flexibility index (Phi) is 6.48. The fourth-order valence-electron chi connectivity index (χ4n) is 2.27. The van der Waals surface area contributed by atoms with Gasteiger partial charge in [0.25, 0.3) is 0 Å². The molecule has 1 rings (SSSR count). The van der Waals surface area contributed by atoms with E-state index in [1.54, 1.807) is 18.0 Å². The van der Waals surface area contributed by atoms with Crippen LogP contribution in [0.4, 0.5) is 18.9 Å². The topological polar surface area (TPSA) is 35.5 Å². The lowest BCUT2D eigenvalue weighted by Crippen LogP contribution is -2.34. The van der Waals surface area contributed by atoms with Gasteiger partial charge in [-0.3, -0.25) is 0 Å². The third-order valence-electron chi connectivity index (χ3n) is 3.24. The van der Waals surface area contributed by atoms with E-state index >= 15 is 0 Å². The summed E-state index contributed by atoms with van der Waals surface area (Å²) in [7, 11) is 1.70. The number of halogens is 3. The summed E-state index contributed by atoms with van der Waals surface area (Å²) in [6.45, 7) is 4.44. The second-order valence-corrected chi connectivity index (χ2v) is 5.24. The van der Waals surface area contributed by atoms with Crippen LogP contribution in [-0.4, -0.2) is 31.3 Å². The van der Waals surface area contributed by atoms with E-state index in [1.807, 2.05) is 13.8 Å². The standard InChI is InChI=1S/C15H23F3N2O/c1-11(2)20(7-4-8-21)14-6-5-12(10-19-3)9-13(14)15(16,17)18/h5-6,9,11,19,21H,4,7-8,10H2,1-3H3. The molecule has 120 valence electrons. The highest BCUT2D eigenvalue weighted by atomic mass is 19.4. The van der Waals surface area contributed by atoms with E-state index in [0.717, 1.165) is 0 Å². The van der Waals surface area contributed by atoms with E-state index in [9.17, 15) is 13.2 Å². The van der Waals surface area contributed by atoms with Gasteiger partial charge in [0.2, 0.25) is 0 Å². The molecule has 0 heterocycles. The van der Waals surface area contributed by atoms with E-state index < -0.39 is 11.7 Å². The molecule has 0 fully saturated rings. The third-order valence-corrected chi connectivity index (χ3v) is 3.24. The van der Waals surface area contributed by atoms with Gasteiger partial charge in [-0.1, -0.05) is 6.07 Å². The lowest BCUT2D eigenvalue weighted by atomic mass is 10.1. The molecule has 3 nitrogen and oxygen atoms in total. The minimum absolute atomic E-state index is 0.0393. The van der Waals surface area contributed by atoms with Gasteiger partial charge in [0.05, 0.1) is 5.56 Å². The molecule has 0 spiro atoms. The van der Waals surface area contributed by atoms with Crippen molar-refractivity contribution in [3.8, 4) is 0 Å². The molecule has 21 heavy (non-hydrogen) atoms. The summed E-state index contributed by atoms with van der Waals surface area (Å²) in [4.78, 5) is 1.68. The Labute approximate surface area is 123 Å². The number of anilines is 1. The molecule has 0 aliphatic heterocycles. The molecule has 0 atom stereocenters. The van der Waals surface area contributed by atoms with Crippen LogP contribution in [0.3, 0.4) is 0 Å². The first kappa shape index (κ1) is 17.8. The Morgan fingerprint density at radius 3 is 2.43 bits per heavy atom. The molecule has 1 aromatic carbocycles. The van der Waals surface area contributed by atoms with E-state index in [-0.39, 0.29) is 18.3 Å². The number of benzene rings is 1. The van der Waals surface area contributed by atoms with Crippen LogP contribution in [-0.2, 0) is 12.7 Å². The highest BCUT2D eigenvalue weighted by molar-refractivity contribution is 5.57. The van der Waals surface area contributed by atoms with Gasteiger partial charge < -0.3 is 15.3 Å². The fourth-order valence-corrected chi connectivity index (χ4v) is 2.27. The molecule has 0 aromatic heterocycles. The summed E-state index contributed by atoms with van der Waals surface area (Å²) in [5.41, 5.74) is 0.145. The van der Waals surface area contributed by atoms with Crippen molar-refractivity contribution in [1.29, 1.82) is 0 Å². The lowest BCUT2D eigenvalue weighted by molar-refractivity contribution is -0.137. The van der Waals surface area contributed by atoms with E-state index in [1.165, 1.54) is 12.1 Å². The maximum Gasteiger partial charge on any atom is 0.418 e. The van der Waals surface area contributed by atoms with Crippen molar-refractivity contribution in [2.24, 2.45) is 0 Å². The largest absolute Gasteiger partial charge is 0.418 e. The molecule has 2 N–H and O–H groups in total. The van der Waals surface area contributed by atoms with Crippen LogP contribution in [0.15, 0.2) is 18.2 Å². The number of nitrogens with zero attached hydrogens (tertiary/aromatic N) is 1. The first-order valence-corrected chi connectivity index (χ1v) is 7.03. The monoisotopic (exact) mass is 304 g/mol. The Balaban J connectivity index is 3.24. The number of rotatable bonds is 7. The Morgan fingerprint density at radius 2 is 1.95 bits per heavy atom. The molecule has 0 saturated heterocycles. The van der Waals surface area contributed by atoms with Crippen LogP contribution < -0.4 is 10.2 Å². The quantitative estimate of drug-likeness (QED) is 0.813. The smallest absolute Gasteiger partial charge is 0.396 e. The first-order chi connectivity index (χ1) is 9.81. The van der Waals surface area contributed by atoms with Gasteiger partial charge in [0, 0.05) is 31.4 Å². The number of hydrogen-bond acceptors (Lipinski definition) is 3. The van der Waals surface area contributed by atoms with E-state index in [4.69, 9.17) is 5.11 Å². The number of aliphatic hydroxyl groups is 1. The predicted molar refractivity (Wildman–Crippen MR) is 78.4 cm³/mol. The molecule has 0 radical (unpaired) electrons. The SMILES string of the molecule is CNCc1ccc(N(CCCO)C(C)C)c(C(F)(F)F)c1. The summed E-state index contributed by atoms with van der Waals surface area (Å²) in [6, 6.07) is 4.34. The van der Waals surface area contributed by atoms with E-state index in [0.29, 0.717) is 25.1 Å². The van der Waals surface area contributed by atoms with Crippen LogP contribution in [0, 0.1) is 0 Å². The maximum absolute atomic E-state index is 13.3. The van der Waals surface area contributed by atoms with Crippen LogP contribution >= 0.6 is 0 Å². The minimum Gasteiger partial charge on any atom is -0.396 e. The molecular weight excluding hydrogens is 281 g/mol. The van der Waals surface area contributed by atoms with Crippen molar-refractivity contribution in [3.63, 3.8) is 0 Å². The fraction of sp³-hybridized carbons (Fsp3) is 0.600. The van der Waals surface area contributed by atoms with Crippen LogP contribution in [0.2, 0.25) is 0 Å². The number of alkyl halides is 3. The van der Waals surface area contributed by atoms with Crippen molar-refractivity contribution in [2.75, 3.05) is 25.1 Å². The summed E-state index contributed by atoms with van der Waals surface area (Å²) in [5.74, 6) is 0. The molecule has 1 aromatic rings. The summed E-state index contributed by atoms with van der Waals surface area (Å²) in [6.07, 6.45) is -3.96. The van der Waals surface area contributed by atoms with Gasteiger partial charge in [-0.2, -0.15) is 13.2 Å². The normalized spacial score (nSPS) is 12.0. The van der Waals surface area contributed by atoms with Gasteiger partial charge >= 0.3 is 6.18 Å². The Morgan fingerprint density at radius 1 is 1.29 bits per heavy atom. The van der Waals surface area contributed by atoms with Gasteiger partial charge in [-0.05, 0) is 45.0 Å². The zero-order valence-electron chi connectivity index (χ0n) is 12.7. The number of hydrogen-bond donors (Lipinski definition) is 2. The second-order valence-electron chi connectivity index (χ2n) is 5.24. The molecule has 0 aliphatic rings. The van der Waals surface area contributed by atoms with Crippen molar-refractivity contribution in [1.82, 2.24) is 5.32 Å². The molecule has 6 heteroatoms. The van der Waals surface area contributed by atoms with Crippen molar-refractivity contribution in [2.45, 2.75) is 39.0 Å².